The van der Waals surface area contributed by atoms with Gasteiger partial charge in [-0.05, 0) is 22.6 Å². The van der Waals surface area contributed by atoms with Crippen LogP contribution < -0.4 is 10.6 Å². The summed E-state index contributed by atoms with van der Waals surface area (Å²) in [7, 11) is 0. The van der Waals surface area contributed by atoms with Crippen molar-refractivity contribution in [3.8, 4) is 0 Å². The molecule has 2 rings (SSSR count). The molecule has 0 saturated carbocycles. The Morgan fingerprint density at radius 1 is 1.31 bits per heavy atom. The topological polar surface area (TPSA) is 80.0 Å². The Labute approximate surface area is 93.2 Å². The Morgan fingerprint density at radius 3 is 3.00 bits per heavy atom. The lowest BCUT2D eigenvalue weighted by Crippen LogP contribution is -2.28. The second kappa shape index (κ2) is 4.84. The summed E-state index contributed by atoms with van der Waals surface area (Å²) in [6.45, 7) is 5.95. The average Bonchev–Trinajstić information content (AvgIpc) is 2.71. The Morgan fingerprint density at radius 2 is 2.19 bits per heavy atom. The lowest BCUT2D eigenvalue weighted by Gasteiger charge is -2.08. The van der Waals surface area contributed by atoms with Crippen LogP contribution in [0, 0.1) is 0 Å². The quantitative estimate of drug-likeness (QED) is 0.688. The van der Waals surface area contributed by atoms with Crippen molar-refractivity contribution < 1.29 is 0 Å². The van der Waals surface area contributed by atoms with Gasteiger partial charge in [0.05, 0.1) is 0 Å². The van der Waals surface area contributed by atoms with Gasteiger partial charge >= 0.3 is 0 Å². The number of hydrogen-bond donors (Lipinski definition) is 2. The second-order valence-electron chi connectivity index (χ2n) is 3.78. The largest absolute Gasteiger partial charge is 0.367 e. The van der Waals surface area contributed by atoms with Crippen molar-refractivity contribution >= 4 is 11.5 Å². The second-order valence-corrected chi connectivity index (χ2v) is 3.78. The highest BCUT2D eigenvalue weighted by molar-refractivity contribution is 5.41. The van der Waals surface area contributed by atoms with Crippen molar-refractivity contribution in [2.75, 3.05) is 18.4 Å². The highest BCUT2D eigenvalue weighted by Crippen LogP contribution is 2.01. The Kier molecular flexibility index (Phi) is 3.25. The van der Waals surface area contributed by atoms with Gasteiger partial charge in [0, 0.05) is 19.1 Å². The molecule has 2 N–H and O–H groups in total. The summed E-state index contributed by atoms with van der Waals surface area (Å²) in [5.41, 5.74) is 0.644. The lowest BCUT2D eigenvalue weighted by atomic mass is 10.4. The number of tetrazole rings is 1. The monoisotopic (exact) mass is 221 g/mol. The number of rotatable bonds is 5. The van der Waals surface area contributed by atoms with Gasteiger partial charge in [0.25, 0.3) is 0 Å². The highest BCUT2D eigenvalue weighted by atomic mass is 15.6. The molecular formula is C9H15N7. The van der Waals surface area contributed by atoms with Crippen molar-refractivity contribution in [1.29, 1.82) is 0 Å². The van der Waals surface area contributed by atoms with Crippen molar-refractivity contribution in [2.24, 2.45) is 0 Å². The first-order chi connectivity index (χ1) is 7.75. The van der Waals surface area contributed by atoms with Crippen LogP contribution in [0.2, 0.25) is 0 Å². The van der Waals surface area contributed by atoms with Gasteiger partial charge in [0.1, 0.15) is 5.82 Å². The zero-order chi connectivity index (χ0) is 11.4. The van der Waals surface area contributed by atoms with Crippen LogP contribution in [-0.4, -0.2) is 44.4 Å². The molecule has 0 aliphatic rings. The van der Waals surface area contributed by atoms with E-state index in [9.17, 15) is 0 Å². The molecule has 0 fully saturated rings. The third kappa shape index (κ3) is 2.63. The van der Waals surface area contributed by atoms with Crippen LogP contribution >= 0.6 is 0 Å². The van der Waals surface area contributed by atoms with Gasteiger partial charge in [0.2, 0.25) is 0 Å². The molecule has 0 aliphatic heterocycles. The maximum absolute atomic E-state index is 4.19. The highest BCUT2D eigenvalue weighted by Gasteiger charge is 1.99. The Hall–Kier alpha value is -1.76. The van der Waals surface area contributed by atoms with Gasteiger partial charge in [-0.25, -0.2) is 0 Å². The number of anilines is 1. The summed E-state index contributed by atoms with van der Waals surface area (Å²) in [6.07, 6.45) is 0. The number of fused-ring (bicyclic) bond motifs is 1. The molecule has 2 aromatic rings. The molecule has 0 aromatic carbocycles. The van der Waals surface area contributed by atoms with Crippen molar-refractivity contribution in [1.82, 2.24) is 30.6 Å². The van der Waals surface area contributed by atoms with Crippen LogP contribution in [0.4, 0.5) is 5.82 Å². The van der Waals surface area contributed by atoms with Crippen molar-refractivity contribution in [3.63, 3.8) is 0 Å². The molecule has 0 radical (unpaired) electrons. The van der Waals surface area contributed by atoms with E-state index < -0.39 is 0 Å². The van der Waals surface area contributed by atoms with E-state index in [0.717, 1.165) is 18.9 Å². The summed E-state index contributed by atoms with van der Waals surface area (Å²) in [5, 5.41) is 21.7. The van der Waals surface area contributed by atoms with Gasteiger partial charge in [-0.15, -0.1) is 14.8 Å². The smallest absolute Gasteiger partial charge is 0.200 e. The van der Waals surface area contributed by atoms with Gasteiger partial charge in [-0.1, -0.05) is 13.8 Å². The first-order valence-electron chi connectivity index (χ1n) is 5.28. The van der Waals surface area contributed by atoms with E-state index in [2.05, 4.69) is 45.1 Å². The fourth-order valence-electron chi connectivity index (χ4n) is 1.30. The molecule has 0 unspecified atom stereocenters. The number of aromatic nitrogens is 5. The fraction of sp³-hybridized carbons (Fsp3) is 0.556. The first kappa shape index (κ1) is 10.7. The summed E-state index contributed by atoms with van der Waals surface area (Å²) in [6, 6.07) is 4.18. The lowest BCUT2D eigenvalue weighted by molar-refractivity contribution is 0.601. The summed E-state index contributed by atoms with van der Waals surface area (Å²) in [4.78, 5) is 0. The number of nitrogens with zero attached hydrogens (tertiary/aromatic N) is 5. The van der Waals surface area contributed by atoms with Gasteiger partial charge in [-0.2, -0.15) is 0 Å². The molecule has 0 amide bonds. The molecular weight excluding hydrogens is 206 g/mol. The maximum atomic E-state index is 4.19. The molecule has 0 aliphatic carbocycles. The minimum absolute atomic E-state index is 0.497. The fourth-order valence-corrected chi connectivity index (χ4v) is 1.30. The van der Waals surface area contributed by atoms with Crippen LogP contribution in [0.5, 0.6) is 0 Å². The van der Waals surface area contributed by atoms with Crippen LogP contribution in [0.15, 0.2) is 12.1 Å². The molecule has 7 heteroatoms. The van der Waals surface area contributed by atoms with Crippen LogP contribution in [0.1, 0.15) is 13.8 Å². The summed E-state index contributed by atoms with van der Waals surface area (Å²) in [5.74, 6) is 0.769. The molecule has 86 valence electrons. The molecule has 7 nitrogen and oxygen atoms in total. The number of hydrogen-bond acceptors (Lipinski definition) is 6. The van der Waals surface area contributed by atoms with Crippen molar-refractivity contribution in [2.45, 2.75) is 19.9 Å². The zero-order valence-corrected chi connectivity index (χ0v) is 9.38. The molecule has 0 bridgehead atoms. The van der Waals surface area contributed by atoms with Crippen LogP contribution in [0.25, 0.3) is 5.65 Å². The Bertz CT molecular complexity index is 450. The molecule has 0 spiro atoms. The zero-order valence-electron chi connectivity index (χ0n) is 9.38. The third-order valence-corrected chi connectivity index (χ3v) is 2.05. The normalized spacial score (nSPS) is 11.2. The van der Waals surface area contributed by atoms with Gasteiger partial charge in [-0.3, -0.25) is 0 Å². The van der Waals surface area contributed by atoms with Gasteiger partial charge < -0.3 is 10.6 Å². The summed E-state index contributed by atoms with van der Waals surface area (Å²) < 4.78 is 1.40. The van der Waals surface area contributed by atoms with Crippen LogP contribution in [-0.2, 0) is 0 Å². The molecule has 0 saturated heterocycles. The molecule has 0 atom stereocenters. The minimum Gasteiger partial charge on any atom is -0.367 e. The van der Waals surface area contributed by atoms with E-state index in [-0.39, 0.29) is 0 Å². The first-order valence-corrected chi connectivity index (χ1v) is 5.28. The Balaban J connectivity index is 1.89. The van der Waals surface area contributed by atoms with Crippen LogP contribution in [0.3, 0.4) is 0 Å². The predicted octanol–water partition coefficient (Wildman–Crippen LogP) is -0.0708. The van der Waals surface area contributed by atoms with E-state index in [0.29, 0.717) is 11.7 Å². The van der Waals surface area contributed by atoms with Gasteiger partial charge in [0.15, 0.2) is 5.65 Å². The van der Waals surface area contributed by atoms with E-state index in [1.807, 2.05) is 12.1 Å². The molecule has 2 aromatic heterocycles. The SMILES string of the molecule is CC(C)NCCNc1ccc2nnnn2n1. The average molecular weight is 221 g/mol. The summed E-state index contributed by atoms with van der Waals surface area (Å²) >= 11 is 0. The van der Waals surface area contributed by atoms with E-state index in [1.54, 1.807) is 0 Å². The van der Waals surface area contributed by atoms with Crippen molar-refractivity contribution in [3.05, 3.63) is 12.1 Å². The molecule has 2 heterocycles. The van der Waals surface area contributed by atoms with E-state index in [1.165, 1.54) is 4.63 Å². The third-order valence-electron chi connectivity index (χ3n) is 2.05. The maximum Gasteiger partial charge on any atom is 0.200 e. The molecule has 16 heavy (non-hydrogen) atoms. The predicted molar refractivity (Wildman–Crippen MR) is 60.2 cm³/mol. The number of nitrogens with one attached hydrogen (secondary N) is 2. The standard InChI is InChI=1S/C9H15N7/c1-7(2)10-5-6-11-8-3-4-9-12-14-15-16(9)13-8/h3-4,7,10H,5-6H2,1-2H3,(H,11,13). The minimum atomic E-state index is 0.497. The van der Waals surface area contributed by atoms with E-state index in [4.69, 9.17) is 0 Å². The van der Waals surface area contributed by atoms with E-state index >= 15 is 0 Å².